The average molecular weight is 311 g/mol. The van der Waals surface area contributed by atoms with Crippen LogP contribution in [0.4, 0.5) is 0 Å². The van der Waals surface area contributed by atoms with Gasteiger partial charge in [0.2, 0.25) is 0 Å². The van der Waals surface area contributed by atoms with Gasteiger partial charge in [-0.25, -0.2) is 0 Å². The highest BCUT2D eigenvalue weighted by molar-refractivity contribution is 7.86. The van der Waals surface area contributed by atoms with E-state index in [1.54, 1.807) is 4.31 Å². The molecule has 1 N–H and O–H groups in total. The summed E-state index contributed by atoms with van der Waals surface area (Å²) in [5.41, 5.74) is 1.03. The number of morpholine rings is 1. The lowest BCUT2D eigenvalue weighted by Gasteiger charge is -2.39. The molecule has 1 aromatic rings. The summed E-state index contributed by atoms with van der Waals surface area (Å²) in [6.45, 7) is 3.66. The smallest absolute Gasteiger partial charge is 0.282 e. The molecule has 2 heterocycles. The average Bonchev–Trinajstić information content (AvgIpc) is 2.56. The molecule has 2 aliphatic heterocycles. The molecule has 116 valence electrons. The van der Waals surface area contributed by atoms with Crippen LogP contribution < -0.4 is 5.32 Å². The predicted octanol–water partition coefficient (Wildman–Crippen LogP) is 0.210. The van der Waals surface area contributed by atoms with Gasteiger partial charge in [0, 0.05) is 32.7 Å². The summed E-state index contributed by atoms with van der Waals surface area (Å²) in [6.07, 6.45) is 0. The Bertz CT molecular complexity index is 558. The van der Waals surface area contributed by atoms with Gasteiger partial charge < -0.3 is 10.1 Å². The van der Waals surface area contributed by atoms with E-state index in [-0.39, 0.29) is 6.04 Å². The summed E-state index contributed by atoms with van der Waals surface area (Å²) in [7, 11) is -3.44. The standard InChI is InChI=1S/C14H21N3O3S/c18-21(19,16-8-10-20-11-9-16)17-7-6-15-12-14(17)13-4-2-1-3-5-13/h1-5,14-15H,6-12H2. The lowest BCUT2D eigenvalue weighted by Crippen LogP contribution is -2.55. The number of nitrogens with one attached hydrogen (secondary N) is 1. The maximum atomic E-state index is 12.9. The van der Waals surface area contributed by atoms with Gasteiger partial charge in [-0.15, -0.1) is 0 Å². The van der Waals surface area contributed by atoms with Crippen molar-refractivity contribution in [3.63, 3.8) is 0 Å². The largest absolute Gasteiger partial charge is 0.379 e. The van der Waals surface area contributed by atoms with Crippen LogP contribution in [0.5, 0.6) is 0 Å². The van der Waals surface area contributed by atoms with E-state index < -0.39 is 10.2 Å². The van der Waals surface area contributed by atoms with Crippen LogP contribution in [0.2, 0.25) is 0 Å². The number of rotatable bonds is 3. The molecule has 7 heteroatoms. The van der Waals surface area contributed by atoms with Crippen LogP contribution in [-0.4, -0.2) is 63.0 Å². The number of hydrogen-bond acceptors (Lipinski definition) is 4. The summed E-state index contributed by atoms with van der Waals surface area (Å²) in [6, 6.07) is 9.67. The van der Waals surface area contributed by atoms with Gasteiger partial charge in [-0.1, -0.05) is 30.3 Å². The Morgan fingerprint density at radius 1 is 1.10 bits per heavy atom. The van der Waals surface area contributed by atoms with E-state index in [0.717, 1.165) is 5.56 Å². The molecule has 0 aliphatic carbocycles. The molecule has 0 bridgehead atoms. The molecule has 6 nitrogen and oxygen atoms in total. The first kappa shape index (κ1) is 14.9. The zero-order valence-corrected chi connectivity index (χ0v) is 12.8. The van der Waals surface area contributed by atoms with Gasteiger partial charge in [0.1, 0.15) is 0 Å². The fourth-order valence-electron chi connectivity index (χ4n) is 2.85. The highest BCUT2D eigenvalue weighted by Crippen LogP contribution is 2.27. The van der Waals surface area contributed by atoms with E-state index in [1.165, 1.54) is 4.31 Å². The topological polar surface area (TPSA) is 61.9 Å². The number of hydrogen-bond donors (Lipinski definition) is 1. The Balaban J connectivity index is 1.86. The molecule has 0 spiro atoms. The van der Waals surface area contributed by atoms with Gasteiger partial charge in [0.15, 0.2) is 0 Å². The first-order chi connectivity index (χ1) is 10.2. The zero-order valence-electron chi connectivity index (χ0n) is 11.9. The third-order valence-electron chi connectivity index (χ3n) is 3.97. The summed E-state index contributed by atoms with van der Waals surface area (Å²) < 4.78 is 34.2. The molecule has 0 saturated carbocycles. The Hall–Kier alpha value is -0.990. The summed E-state index contributed by atoms with van der Waals surface area (Å²) in [4.78, 5) is 0. The predicted molar refractivity (Wildman–Crippen MR) is 80.1 cm³/mol. The summed E-state index contributed by atoms with van der Waals surface area (Å²) >= 11 is 0. The molecule has 21 heavy (non-hydrogen) atoms. The molecule has 2 fully saturated rings. The minimum absolute atomic E-state index is 0.146. The van der Waals surface area contributed by atoms with E-state index in [1.807, 2.05) is 30.3 Å². The van der Waals surface area contributed by atoms with Crippen LogP contribution in [0.25, 0.3) is 0 Å². The first-order valence-electron chi connectivity index (χ1n) is 7.30. The zero-order chi connectivity index (χ0) is 14.7. The molecule has 0 radical (unpaired) electrons. The molecule has 1 unspecified atom stereocenters. The molecular weight excluding hydrogens is 290 g/mol. The Morgan fingerprint density at radius 3 is 2.52 bits per heavy atom. The van der Waals surface area contributed by atoms with Crippen LogP contribution in [0.3, 0.4) is 0 Å². The monoisotopic (exact) mass is 311 g/mol. The Kier molecular flexibility index (Phi) is 4.56. The maximum absolute atomic E-state index is 12.9. The molecule has 0 amide bonds. The molecular formula is C14H21N3O3S. The molecule has 1 aromatic carbocycles. The van der Waals surface area contributed by atoms with Crippen LogP contribution in [-0.2, 0) is 14.9 Å². The van der Waals surface area contributed by atoms with Crippen molar-refractivity contribution in [2.45, 2.75) is 6.04 Å². The Labute approximate surface area is 125 Å². The van der Waals surface area contributed by atoms with Gasteiger partial charge >= 0.3 is 0 Å². The van der Waals surface area contributed by atoms with Crippen molar-refractivity contribution in [3.05, 3.63) is 35.9 Å². The van der Waals surface area contributed by atoms with Crippen molar-refractivity contribution < 1.29 is 13.2 Å². The van der Waals surface area contributed by atoms with E-state index in [4.69, 9.17) is 4.74 Å². The van der Waals surface area contributed by atoms with Crippen LogP contribution in [0.15, 0.2) is 30.3 Å². The lowest BCUT2D eigenvalue weighted by molar-refractivity contribution is 0.0685. The molecule has 0 aromatic heterocycles. The van der Waals surface area contributed by atoms with Gasteiger partial charge in [0.05, 0.1) is 19.3 Å². The van der Waals surface area contributed by atoms with Crippen LogP contribution in [0.1, 0.15) is 11.6 Å². The van der Waals surface area contributed by atoms with Gasteiger partial charge in [-0.3, -0.25) is 0 Å². The van der Waals surface area contributed by atoms with Crippen molar-refractivity contribution in [2.24, 2.45) is 0 Å². The van der Waals surface area contributed by atoms with Gasteiger partial charge in [-0.05, 0) is 5.56 Å². The second-order valence-electron chi connectivity index (χ2n) is 5.26. The quantitative estimate of drug-likeness (QED) is 0.867. The third-order valence-corrected chi connectivity index (χ3v) is 6.02. The van der Waals surface area contributed by atoms with Crippen molar-refractivity contribution in [1.29, 1.82) is 0 Å². The normalized spacial score (nSPS) is 25.8. The van der Waals surface area contributed by atoms with E-state index in [2.05, 4.69) is 5.32 Å². The molecule has 2 aliphatic rings. The summed E-state index contributed by atoms with van der Waals surface area (Å²) in [5.74, 6) is 0. The van der Waals surface area contributed by atoms with Crippen molar-refractivity contribution in [3.8, 4) is 0 Å². The number of ether oxygens (including phenoxy) is 1. The third kappa shape index (κ3) is 3.12. The highest BCUT2D eigenvalue weighted by atomic mass is 32.2. The SMILES string of the molecule is O=S(=O)(N1CCOCC1)N1CCNCC1c1ccccc1. The maximum Gasteiger partial charge on any atom is 0.282 e. The minimum Gasteiger partial charge on any atom is -0.379 e. The lowest BCUT2D eigenvalue weighted by atomic mass is 10.1. The van der Waals surface area contributed by atoms with Crippen LogP contribution in [0, 0.1) is 0 Å². The van der Waals surface area contributed by atoms with Crippen molar-refractivity contribution in [2.75, 3.05) is 45.9 Å². The highest BCUT2D eigenvalue weighted by Gasteiger charge is 2.37. The van der Waals surface area contributed by atoms with Crippen molar-refractivity contribution >= 4 is 10.2 Å². The van der Waals surface area contributed by atoms with Gasteiger partial charge in [-0.2, -0.15) is 17.0 Å². The van der Waals surface area contributed by atoms with E-state index in [9.17, 15) is 8.42 Å². The van der Waals surface area contributed by atoms with Gasteiger partial charge in [0.25, 0.3) is 10.2 Å². The molecule has 3 rings (SSSR count). The number of piperazine rings is 1. The second-order valence-corrected chi connectivity index (χ2v) is 7.14. The van der Waals surface area contributed by atoms with Crippen molar-refractivity contribution in [1.82, 2.24) is 13.9 Å². The molecule has 1 atom stereocenters. The Morgan fingerprint density at radius 2 is 1.81 bits per heavy atom. The fraction of sp³-hybridized carbons (Fsp3) is 0.571. The molecule has 2 saturated heterocycles. The number of nitrogens with zero attached hydrogens (tertiary/aromatic N) is 2. The first-order valence-corrected chi connectivity index (χ1v) is 8.69. The number of benzene rings is 1. The van der Waals surface area contributed by atoms with E-state index in [0.29, 0.717) is 45.9 Å². The second kappa shape index (κ2) is 6.41. The fourth-order valence-corrected chi connectivity index (χ4v) is 4.59. The van der Waals surface area contributed by atoms with E-state index >= 15 is 0 Å². The van der Waals surface area contributed by atoms with Crippen LogP contribution >= 0.6 is 0 Å². The summed E-state index contributed by atoms with van der Waals surface area (Å²) in [5, 5.41) is 3.29. The minimum atomic E-state index is -3.44.